The normalized spacial score (nSPS) is 12.7. The number of fused-ring (bicyclic) bond motifs is 1. The Balaban J connectivity index is 1.60. The lowest BCUT2D eigenvalue weighted by molar-refractivity contribution is 0.414. The van der Waals surface area contributed by atoms with Gasteiger partial charge in [-0.15, -0.1) is 0 Å². The second-order valence-electron chi connectivity index (χ2n) is 7.19. The number of nitrogens with one attached hydrogen (secondary N) is 1. The fourth-order valence-corrected chi connectivity index (χ4v) is 5.65. The van der Waals surface area contributed by atoms with Crippen molar-refractivity contribution in [3.8, 4) is 5.75 Å². The van der Waals surface area contributed by atoms with Gasteiger partial charge < -0.3 is 4.74 Å². The molecule has 0 fully saturated rings. The Morgan fingerprint density at radius 3 is 2.42 bits per heavy atom. The molecular formula is C23H22N2O4S2. The van der Waals surface area contributed by atoms with Crippen LogP contribution in [0, 0.1) is 0 Å². The van der Waals surface area contributed by atoms with Crippen LogP contribution in [0.3, 0.4) is 0 Å². The van der Waals surface area contributed by atoms with E-state index in [1.54, 1.807) is 48.9 Å². The molecule has 0 spiro atoms. The molecule has 0 amide bonds. The average Bonchev–Trinajstić information content (AvgIpc) is 3.08. The fourth-order valence-electron chi connectivity index (χ4n) is 3.39. The second kappa shape index (κ2) is 8.66. The predicted octanol–water partition coefficient (Wildman–Crippen LogP) is 4.16. The Hall–Kier alpha value is -2.94. The number of benzene rings is 3. The van der Waals surface area contributed by atoms with E-state index in [1.165, 1.54) is 0 Å². The summed E-state index contributed by atoms with van der Waals surface area (Å²) in [6.07, 6.45) is 0. The highest BCUT2D eigenvalue weighted by Crippen LogP contribution is 2.24. The Morgan fingerprint density at radius 1 is 1.03 bits per heavy atom. The number of hydrogen-bond donors (Lipinski definition) is 1. The van der Waals surface area contributed by atoms with E-state index in [0.29, 0.717) is 17.0 Å². The molecule has 1 N–H and O–H groups in total. The minimum Gasteiger partial charge on any atom is -0.497 e. The number of aromatic nitrogens is 1. The molecule has 1 aromatic heterocycles. The van der Waals surface area contributed by atoms with Crippen molar-refractivity contribution >= 4 is 31.6 Å². The van der Waals surface area contributed by atoms with E-state index >= 15 is 0 Å². The van der Waals surface area contributed by atoms with Crippen LogP contribution in [0.25, 0.3) is 10.2 Å². The van der Waals surface area contributed by atoms with Gasteiger partial charge in [-0.2, -0.15) is 0 Å². The third-order valence-corrected chi connectivity index (χ3v) is 7.56. The molecule has 0 aliphatic heterocycles. The zero-order valence-electron chi connectivity index (χ0n) is 17.1. The SMILES string of the molecule is COc1ccc(C(C)NS(=O)(=O)c2ccc3c(c2)sc(=O)n3Cc2ccccc2)cc1. The van der Waals surface area contributed by atoms with Gasteiger partial charge in [-0.3, -0.25) is 9.36 Å². The van der Waals surface area contributed by atoms with E-state index in [-0.39, 0.29) is 9.77 Å². The molecule has 31 heavy (non-hydrogen) atoms. The molecule has 1 unspecified atom stereocenters. The van der Waals surface area contributed by atoms with Gasteiger partial charge in [0.2, 0.25) is 10.0 Å². The maximum Gasteiger partial charge on any atom is 0.308 e. The highest BCUT2D eigenvalue weighted by Gasteiger charge is 2.20. The number of ether oxygens (including phenoxy) is 1. The molecule has 4 aromatic rings. The Labute approximate surface area is 184 Å². The summed E-state index contributed by atoms with van der Waals surface area (Å²) >= 11 is 1.05. The van der Waals surface area contributed by atoms with Gasteiger partial charge in [-0.05, 0) is 48.4 Å². The van der Waals surface area contributed by atoms with E-state index in [2.05, 4.69) is 4.72 Å². The average molecular weight is 455 g/mol. The van der Waals surface area contributed by atoms with Crippen molar-refractivity contribution < 1.29 is 13.2 Å². The van der Waals surface area contributed by atoms with Crippen LogP contribution in [0.5, 0.6) is 5.75 Å². The van der Waals surface area contributed by atoms with Gasteiger partial charge in [-0.1, -0.05) is 53.8 Å². The molecule has 0 aliphatic carbocycles. The Kier molecular flexibility index (Phi) is 5.95. The first-order valence-corrected chi connectivity index (χ1v) is 12.0. The number of nitrogens with zero attached hydrogens (tertiary/aromatic N) is 1. The van der Waals surface area contributed by atoms with Crippen LogP contribution in [0.4, 0.5) is 0 Å². The first-order valence-electron chi connectivity index (χ1n) is 9.71. The van der Waals surface area contributed by atoms with E-state index in [0.717, 1.165) is 28.0 Å². The molecule has 6 nitrogen and oxygen atoms in total. The van der Waals surface area contributed by atoms with Crippen molar-refractivity contribution in [2.24, 2.45) is 0 Å². The number of sulfonamides is 1. The van der Waals surface area contributed by atoms with Gasteiger partial charge in [-0.25, -0.2) is 13.1 Å². The van der Waals surface area contributed by atoms with Gasteiger partial charge in [0.15, 0.2) is 0 Å². The number of thiazole rings is 1. The summed E-state index contributed by atoms with van der Waals surface area (Å²) in [6.45, 7) is 2.23. The van der Waals surface area contributed by atoms with Gasteiger partial charge in [0.1, 0.15) is 5.75 Å². The minimum absolute atomic E-state index is 0.118. The standard InChI is InChI=1S/C23H22N2O4S2/c1-16(18-8-10-19(29-2)11-9-18)24-31(27,28)20-12-13-21-22(14-20)30-23(26)25(21)15-17-6-4-3-5-7-17/h3-14,16,24H,15H2,1-2H3. The van der Waals surface area contributed by atoms with Crippen molar-refractivity contribution in [2.45, 2.75) is 24.4 Å². The molecule has 0 radical (unpaired) electrons. The minimum atomic E-state index is -3.76. The Morgan fingerprint density at radius 2 is 1.74 bits per heavy atom. The predicted molar refractivity (Wildman–Crippen MR) is 123 cm³/mol. The summed E-state index contributed by atoms with van der Waals surface area (Å²) in [4.78, 5) is 12.5. The highest BCUT2D eigenvalue weighted by atomic mass is 32.2. The Bertz CT molecular complexity index is 1360. The van der Waals surface area contributed by atoms with Crippen LogP contribution in [0.2, 0.25) is 0 Å². The number of hydrogen-bond acceptors (Lipinski definition) is 5. The summed E-state index contributed by atoms with van der Waals surface area (Å²) in [6, 6.07) is 21.3. The first kappa shape index (κ1) is 21.3. The lowest BCUT2D eigenvalue weighted by Crippen LogP contribution is -2.26. The van der Waals surface area contributed by atoms with E-state index < -0.39 is 16.1 Å². The fraction of sp³-hybridized carbons (Fsp3) is 0.174. The summed E-state index contributed by atoms with van der Waals surface area (Å²) in [5, 5.41) is 0. The third kappa shape index (κ3) is 4.56. The number of methoxy groups -OCH3 is 1. The van der Waals surface area contributed by atoms with Gasteiger partial charge in [0.25, 0.3) is 0 Å². The molecule has 1 heterocycles. The van der Waals surface area contributed by atoms with Crippen LogP contribution in [-0.4, -0.2) is 20.1 Å². The molecule has 8 heteroatoms. The second-order valence-corrected chi connectivity index (χ2v) is 9.89. The summed E-state index contributed by atoms with van der Waals surface area (Å²) in [5.74, 6) is 0.708. The molecule has 0 aliphatic rings. The van der Waals surface area contributed by atoms with Crippen LogP contribution in [-0.2, 0) is 16.6 Å². The largest absolute Gasteiger partial charge is 0.497 e. The van der Waals surface area contributed by atoms with Crippen molar-refractivity contribution in [1.29, 1.82) is 0 Å². The first-order chi connectivity index (χ1) is 14.9. The number of rotatable bonds is 7. The summed E-state index contributed by atoms with van der Waals surface area (Å²) in [5.41, 5.74) is 2.56. The maximum absolute atomic E-state index is 12.9. The zero-order chi connectivity index (χ0) is 22.0. The van der Waals surface area contributed by atoms with Crippen molar-refractivity contribution in [3.05, 3.63) is 93.6 Å². The molecule has 0 saturated heterocycles. The van der Waals surface area contributed by atoms with Crippen molar-refractivity contribution in [2.75, 3.05) is 7.11 Å². The molecule has 1 atom stereocenters. The van der Waals surface area contributed by atoms with Gasteiger partial charge in [0, 0.05) is 6.04 Å². The van der Waals surface area contributed by atoms with Gasteiger partial charge >= 0.3 is 4.87 Å². The molecule has 160 valence electrons. The third-order valence-electron chi connectivity index (χ3n) is 5.08. The van der Waals surface area contributed by atoms with Crippen LogP contribution in [0.1, 0.15) is 24.1 Å². The van der Waals surface area contributed by atoms with E-state index in [4.69, 9.17) is 4.74 Å². The maximum atomic E-state index is 12.9. The summed E-state index contributed by atoms with van der Waals surface area (Å²) < 4.78 is 36.1. The van der Waals surface area contributed by atoms with Crippen molar-refractivity contribution in [1.82, 2.24) is 9.29 Å². The molecule has 0 saturated carbocycles. The smallest absolute Gasteiger partial charge is 0.308 e. The monoisotopic (exact) mass is 454 g/mol. The molecule has 3 aromatic carbocycles. The van der Waals surface area contributed by atoms with Crippen LogP contribution < -0.4 is 14.3 Å². The van der Waals surface area contributed by atoms with E-state index in [1.807, 2.05) is 42.5 Å². The summed E-state index contributed by atoms with van der Waals surface area (Å²) in [7, 11) is -2.18. The molecular weight excluding hydrogens is 432 g/mol. The molecule has 0 bridgehead atoms. The topological polar surface area (TPSA) is 77.4 Å². The highest BCUT2D eigenvalue weighted by molar-refractivity contribution is 7.89. The van der Waals surface area contributed by atoms with Crippen LogP contribution >= 0.6 is 11.3 Å². The van der Waals surface area contributed by atoms with E-state index in [9.17, 15) is 13.2 Å². The van der Waals surface area contributed by atoms with Crippen LogP contribution in [0.15, 0.2) is 82.5 Å². The van der Waals surface area contributed by atoms with Gasteiger partial charge in [0.05, 0.1) is 28.8 Å². The lowest BCUT2D eigenvalue weighted by atomic mass is 10.1. The lowest BCUT2D eigenvalue weighted by Gasteiger charge is -2.15. The molecule has 4 rings (SSSR count). The zero-order valence-corrected chi connectivity index (χ0v) is 18.7. The van der Waals surface area contributed by atoms with Crippen molar-refractivity contribution in [3.63, 3.8) is 0 Å². The quantitative estimate of drug-likeness (QED) is 0.455.